The maximum atomic E-state index is 14.3. The first-order valence-corrected chi connectivity index (χ1v) is 9.15. The summed E-state index contributed by atoms with van der Waals surface area (Å²) in [7, 11) is 1.74. The molecule has 2 heterocycles. The van der Waals surface area contributed by atoms with Gasteiger partial charge in [-0.3, -0.25) is 9.58 Å². The molecule has 2 aromatic rings. The summed E-state index contributed by atoms with van der Waals surface area (Å²) < 4.78 is 21.5. The number of nitrogens with zero attached hydrogens (tertiary/aromatic N) is 3. The van der Waals surface area contributed by atoms with Gasteiger partial charge < -0.3 is 15.8 Å². The van der Waals surface area contributed by atoms with Crippen molar-refractivity contribution in [2.75, 3.05) is 12.3 Å². The summed E-state index contributed by atoms with van der Waals surface area (Å²) in [6, 6.07) is 0.757. The van der Waals surface area contributed by atoms with Crippen molar-refractivity contribution in [3.05, 3.63) is 23.6 Å². The summed E-state index contributed by atoms with van der Waals surface area (Å²) in [5, 5.41) is 8.31. The Morgan fingerprint density at radius 1 is 1.41 bits per heavy atom. The van der Waals surface area contributed by atoms with Crippen LogP contribution in [0.3, 0.4) is 0 Å². The molecule has 0 radical (unpaired) electrons. The van der Waals surface area contributed by atoms with Gasteiger partial charge in [-0.1, -0.05) is 0 Å². The predicted molar refractivity (Wildman–Crippen MR) is 103 cm³/mol. The maximum absolute atomic E-state index is 14.3. The van der Waals surface area contributed by atoms with Crippen molar-refractivity contribution >= 4 is 22.7 Å². The lowest BCUT2D eigenvalue weighted by atomic mass is 9.91. The average Bonchev–Trinajstić information content (AvgIpc) is 2.89. The predicted octanol–water partition coefficient (Wildman–Crippen LogP) is 2.95. The van der Waals surface area contributed by atoms with Crippen molar-refractivity contribution in [3.8, 4) is 0 Å². The Balaban J connectivity index is 2.03. The number of carbonyl (C=O) groups excluding carboxylic acids is 1. The number of rotatable bonds is 1. The Morgan fingerprint density at radius 3 is 2.70 bits per heavy atom. The minimum atomic E-state index is -0.581. The van der Waals surface area contributed by atoms with Gasteiger partial charge in [0.15, 0.2) is 5.82 Å². The largest absolute Gasteiger partial charge is 0.444 e. The number of fused-ring (bicyclic) bond motifs is 1. The van der Waals surface area contributed by atoms with Gasteiger partial charge in [0.05, 0.1) is 12.1 Å². The molecule has 0 bridgehead atoms. The first kappa shape index (κ1) is 19.4. The number of halogens is 1. The fraction of sp³-hybridized carbons (Fsp3) is 0.579. The van der Waals surface area contributed by atoms with E-state index in [9.17, 15) is 9.18 Å². The number of hydrogen-bond donors (Lipinski definition) is 2. The van der Waals surface area contributed by atoms with Crippen molar-refractivity contribution in [1.82, 2.24) is 20.0 Å². The highest BCUT2D eigenvalue weighted by atomic mass is 19.1. The van der Waals surface area contributed by atoms with Crippen LogP contribution in [-0.4, -0.2) is 45.0 Å². The van der Waals surface area contributed by atoms with Crippen LogP contribution in [0.25, 0.3) is 10.9 Å². The number of aryl methyl sites for hydroxylation is 1. The second-order valence-corrected chi connectivity index (χ2v) is 8.29. The van der Waals surface area contributed by atoms with Crippen LogP contribution in [0.4, 0.5) is 14.9 Å². The lowest BCUT2D eigenvalue weighted by molar-refractivity contribution is -0.00460. The normalized spacial score (nSPS) is 23.7. The zero-order valence-electron chi connectivity index (χ0n) is 16.7. The highest BCUT2D eigenvalue weighted by Gasteiger charge is 2.39. The zero-order chi connectivity index (χ0) is 20.1. The minimum absolute atomic E-state index is 0.0443. The lowest BCUT2D eigenvalue weighted by Gasteiger charge is -2.45. The van der Waals surface area contributed by atoms with E-state index < -0.39 is 11.4 Å². The number of carbonyl (C=O) groups is 1. The van der Waals surface area contributed by atoms with Gasteiger partial charge >= 0.3 is 6.09 Å². The molecule has 1 aliphatic heterocycles. The van der Waals surface area contributed by atoms with Gasteiger partial charge in [-0.2, -0.15) is 5.10 Å². The molecule has 1 amide bonds. The number of benzene rings is 1. The molecule has 3 rings (SSSR count). The number of ether oxygens (including phenoxy) is 1. The Hall–Kier alpha value is -2.35. The number of nitrogens with one attached hydrogen (secondary N) is 1. The van der Waals surface area contributed by atoms with Gasteiger partial charge in [0.25, 0.3) is 0 Å². The smallest absolute Gasteiger partial charge is 0.410 e. The van der Waals surface area contributed by atoms with Crippen molar-refractivity contribution in [2.45, 2.75) is 58.3 Å². The van der Waals surface area contributed by atoms with Crippen LogP contribution < -0.4 is 11.1 Å². The van der Waals surface area contributed by atoms with Gasteiger partial charge in [0.1, 0.15) is 11.1 Å². The fourth-order valence-corrected chi connectivity index (χ4v) is 3.78. The Labute approximate surface area is 158 Å². The first-order valence-electron chi connectivity index (χ1n) is 9.15. The molecule has 7 nitrogen and oxygen atoms in total. The van der Waals surface area contributed by atoms with Crippen LogP contribution in [0.15, 0.2) is 12.3 Å². The van der Waals surface area contributed by atoms with Crippen molar-refractivity contribution in [1.29, 1.82) is 0 Å². The molecular formula is C19H28FN5O2. The van der Waals surface area contributed by atoms with Gasteiger partial charge in [-0.25, -0.2) is 9.18 Å². The van der Waals surface area contributed by atoms with E-state index in [0.717, 1.165) is 5.56 Å². The molecule has 1 unspecified atom stereocenters. The van der Waals surface area contributed by atoms with Crippen LogP contribution in [0.1, 0.15) is 46.2 Å². The monoisotopic (exact) mass is 377 g/mol. The number of nitrogens with two attached hydrogens (primary N) is 1. The highest BCUT2D eigenvalue weighted by molar-refractivity contribution is 5.88. The molecule has 1 aromatic heterocycles. The summed E-state index contributed by atoms with van der Waals surface area (Å²) in [4.78, 5) is 14.5. The SMILES string of the molecule is C[C@@H]1CNC(c2c(N)cc(F)c3nn(C)cc23)[C@H](C)N1C(=O)OC(C)(C)C. The van der Waals surface area contributed by atoms with Crippen LogP contribution >= 0.6 is 0 Å². The van der Waals surface area contributed by atoms with Crippen LogP contribution in [0.5, 0.6) is 0 Å². The summed E-state index contributed by atoms with van der Waals surface area (Å²) >= 11 is 0. The average molecular weight is 377 g/mol. The molecule has 148 valence electrons. The van der Waals surface area contributed by atoms with Gasteiger partial charge in [-0.05, 0) is 40.7 Å². The maximum Gasteiger partial charge on any atom is 0.410 e. The zero-order valence-corrected chi connectivity index (χ0v) is 16.7. The number of amides is 1. The molecule has 0 spiro atoms. The summed E-state index contributed by atoms with van der Waals surface area (Å²) in [5.74, 6) is -0.451. The number of anilines is 1. The van der Waals surface area contributed by atoms with E-state index in [1.807, 2.05) is 34.6 Å². The molecule has 1 aromatic carbocycles. The molecule has 1 saturated heterocycles. The third-order valence-electron chi connectivity index (χ3n) is 4.88. The summed E-state index contributed by atoms with van der Waals surface area (Å²) in [6.45, 7) is 10.0. The van der Waals surface area contributed by atoms with Crippen molar-refractivity contribution in [2.24, 2.45) is 7.05 Å². The quantitative estimate of drug-likeness (QED) is 0.747. The first-order chi connectivity index (χ1) is 12.5. The molecule has 0 aliphatic carbocycles. The fourth-order valence-electron chi connectivity index (χ4n) is 3.78. The van der Waals surface area contributed by atoms with E-state index in [0.29, 0.717) is 17.6 Å². The lowest BCUT2D eigenvalue weighted by Crippen LogP contribution is -2.59. The third kappa shape index (κ3) is 3.58. The van der Waals surface area contributed by atoms with Crippen LogP contribution in [-0.2, 0) is 11.8 Å². The Kier molecular flexibility index (Phi) is 4.80. The van der Waals surface area contributed by atoms with Crippen LogP contribution in [0, 0.1) is 5.82 Å². The molecule has 3 N–H and O–H groups in total. The van der Waals surface area contributed by atoms with E-state index >= 15 is 0 Å². The van der Waals surface area contributed by atoms with E-state index in [-0.39, 0.29) is 29.7 Å². The molecule has 3 atom stereocenters. The van der Waals surface area contributed by atoms with E-state index in [4.69, 9.17) is 10.5 Å². The third-order valence-corrected chi connectivity index (χ3v) is 4.88. The molecule has 8 heteroatoms. The summed E-state index contributed by atoms with van der Waals surface area (Å²) in [5.41, 5.74) is 6.99. The van der Waals surface area contributed by atoms with Crippen LogP contribution in [0.2, 0.25) is 0 Å². The Bertz CT molecular complexity index is 873. The van der Waals surface area contributed by atoms with E-state index in [2.05, 4.69) is 10.4 Å². The van der Waals surface area contributed by atoms with Crippen molar-refractivity contribution < 1.29 is 13.9 Å². The molecule has 0 saturated carbocycles. The summed E-state index contributed by atoms with van der Waals surface area (Å²) in [6.07, 6.45) is 1.39. The molecule has 1 aliphatic rings. The number of aromatic nitrogens is 2. The minimum Gasteiger partial charge on any atom is -0.444 e. The van der Waals surface area contributed by atoms with Crippen molar-refractivity contribution in [3.63, 3.8) is 0 Å². The molecule has 27 heavy (non-hydrogen) atoms. The van der Waals surface area contributed by atoms with Gasteiger partial charge in [0, 0.05) is 42.5 Å². The second-order valence-electron chi connectivity index (χ2n) is 8.29. The van der Waals surface area contributed by atoms with E-state index in [1.165, 1.54) is 6.07 Å². The molecular weight excluding hydrogens is 349 g/mol. The van der Waals surface area contributed by atoms with Gasteiger partial charge in [0.2, 0.25) is 0 Å². The van der Waals surface area contributed by atoms with Gasteiger partial charge in [-0.15, -0.1) is 0 Å². The molecule has 1 fully saturated rings. The standard InChI is InChI=1S/C19H28FN5O2/c1-10-8-22-16(11(2)25(10)18(26)27-19(3,4)5)15-12-9-24(6)23-17(12)13(20)7-14(15)21/h7,9-11,16,22H,8,21H2,1-6H3/t10-,11+,16?/m1/s1. The highest BCUT2D eigenvalue weighted by Crippen LogP contribution is 2.36. The van der Waals surface area contributed by atoms with E-state index in [1.54, 1.807) is 22.8 Å². The number of nitrogen functional groups attached to an aromatic ring is 1. The number of hydrogen-bond acceptors (Lipinski definition) is 5. The second kappa shape index (κ2) is 6.67. The topological polar surface area (TPSA) is 85.4 Å². The Morgan fingerprint density at radius 2 is 2.07 bits per heavy atom. The number of piperazine rings is 1.